The number of aromatic nitrogens is 1. The van der Waals surface area contributed by atoms with Crippen molar-refractivity contribution in [2.45, 2.75) is 6.92 Å². The molecule has 2 N–H and O–H groups in total. The molecule has 0 bridgehead atoms. The zero-order chi connectivity index (χ0) is 41.2. The van der Waals surface area contributed by atoms with E-state index in [1.165, 1.54) is 15.5 Å². The maximum absolute atomic E-state index is 11.9. The molecule has 62 heavy (non-hydrogen) atoms. The van der Waals surface area contributed by atoms with Crippen LogP contribution in [0.1, 0.15) is 5.56 Å². The number of thiophene rings is 1. The van der Waals surface area contributed by atoms with Crippen molar-refractivity contribution in [3.8, 4) is 73.6 Å². The molecule has 9 aromatic carbocycles. The molecule has 0 radical (unpaired) electrons. The molecule has 2 aliphatic rings. The predicted octanol–water partition coefficient (Wildman–Crippen LogP) is 12.6. The first-order valence-electron chi connectivity index (χ1n) is 20.8. The molecule has 2 aromatic heterocycles. The van der Waals surface area contributed by atoms with E-state index in [4.69, 9.17) is 9.47 Å². The lowest BCUT2D eigenvalue weighted by Crippen LogP contribution is -2.57. The maximum Gasteiger partial charge on any atom is 0.260 e. The summed E-state index contributed by atoms with van der Waals surface area (Å²) in [5.41, 5.74) is 13.0. The van der Waals surface area contributed by atoms with Gasteiger partial charge in [-0.25, -0.2) is 0 Å². The minimum absolute atomic E-state index is 0.0125. The van der Waals surface area contributed by atoms with Gasteiger partial charge in [0.25, 0.3) is 6.71 Å². The van der Waals surface area contributed by atoms with E-state index in [-0.39, 0.29) is 18.2 Å². The number of aromatic hydroxyl groups is 2. The molecule has 0 fully saturated rings. The number of phenolic OH excluding ortho intramolecular Hbond substituents is 2. The van der Waals surface area contributed by atoms with Gasteiger partial charge in [0, 0.05) is 42.0 Å². The van der Waals surface area contributed by atoms with Crippen molar-refractivity contribution in [2.75, 3.05) is 0 Å². The van der Waals surface area contributed by atoms with Gasteiger partial charge in [-0.3, -0.25) is 0 Å². The number of ether oxygens (including phenoxy) is 2. The summed E-state index contributed by atoms with van der Waals surface area (Å²) in [6, 6.07) is 60.3. The third-order valence-corrected chi connectivity index (χ3v) is 14.1. The van der Waals surface area contributed by atoms with Crippen molar-refractivity contribution in [3.05, 3.63) is 181 Å². The van der Waals surface area contributed by atoms with Crippen LogP contribution >= 0.6 is 11.3 Å². The van der Waals surface area contributed by atoms with Crippen LogP contribution in [0.25, 0.3) is 81.0 Å². The minimum atomic E-state index is -0.0125. The molecule has 0 saturated carbocycles. The number of hydrogen-bond acceptors (Lipinski definition) is 5. The van der Waals surface area contributed by atoms with Crippen LogP contribution in [0.15, 0.2) is 176 Å². The topological polar surface area (TPSA) is 63.9 Å². The smallest absolute Gasteiger partial charge is 0.260 e. The summed E-state index contributed by atoms with van der Waals surface area (Å²) in [6.45, 7) is 2.07. The van der Waals surface area contributed by atoms with Crippen molar-refractivity contribution >= 4 is 76.4 Å². The molecule has 2 aliphatic heterocycles. The van der Waals surface area contributed by atoms with Gasteiger partial charge >= 0.3 is 0 Å². The molecule has 0 saturated heterocycles. The molecule has 5 nitrogen and oxygen atoms in total. The standard InChI is InChI=1S/C55H34BNO4S/c1-31-20-24-43-50(26-31)61-52-30-34(29-51-53(52)56(43)42-15-3-7-19-49(42)60-51)35-23-21-33(28-48(35)59)37-12-9-14-40-39-13-8-11-36(54(39)62-55(37)40)32-22-25-45-41(27-32)38-10-2-4-16-44(38)57(45)46-17-5-6-18-47(46)58/h2-30,58-59H,1H3. The summed E-state index contributed by atoms with van der Waals surface area (Å²) in [5, 5.41) is 27.4. The van der Waals surface area contributed by atoms with Crippen molar-refractivity contribution in [3.63, 3.8) is 0 Å². The highest BCUT2D eigenvalue weighted by Crippen LogP contribution is 2.47. The Hall–Kier alpha value is -7.74. The van der Waals surface area contributed by atoms with Crippen LogP contribution in [-0.2, 0) is 0 Å². The number of fused-ring (bicyclic) bond motifs is 10. The summed E-state index contributed by atoms with van der Waals surface area (Å²) in [5.74, 6) is 3.58. The highest BCUT2D eigenvalue weighted by molar-refractivity contribution is 7.26. The van der Waals surface area contributed by atoms with Gasteiger partial charge in [-0.05, 0) is 112 Å². The van der Waals surface area contributed by atoms with E-state index >= 15 is 0 Å². The van der Waals surface area contributed by atoms with E-state index in [2.05, 4.69) is 121 Å². The van der Waals surface area contributed by atoms with Crippen LogP contribution < -0.4 is 25.9 Å². The lowest BCUT2D eigenvalue weighted by Gasteiger charge is -2.33. The fourth-order valence-corrected chi connectivity index (χ4v) is 11.3. The van der Waals surface area contributed by atoms with E-state index in [1.54, 1.807) is 17.4 Å². The summed E-state index contributed by atoms with van der Waals surface area (Å²) in [4.78, 5) is 0. The minimum Gasteiger partial charge on any atom is -0.507 e. The SMILES string of the molecule is Cc1ccc2c(c1)Oc1cc(-c3ccc(-c4cccc5c4sc4c(-c6ccc7c(c6)c6ccccc6n7-c6ccccc6O)cccc45)cc3O)cc3c1B2c1ccccc1O3. The second kappa shape index (κ2) is 13.1. The normalized spacial score (nSPS) is 12.6. The van der Waals surface area contributed by atoms with Crippen molar-refractivity contribution in [2.24, 2.45) is 0 Å². The molecule has 0 spiro atoms. The van der Waals surface area contributed by atoms with Gasteiger partial charge in [0.2, 0.25) is 0 Å². The molecular weight excluding hydrogens is 781 g/mol. The third-order valence-electron chi connectivity index (χ3n) is 12.8. The number of phenols is 2. The van der Waals surface area contributed by atoms with Gasteiger partial charge in [0.05, 0.1) is 16.7 Å². The average Bonchev–Trinajstić information content (AvgIpc) is 3.84. The van der Waals surface area contributed by atoms with E-state index in [1.807, 2.05) is 60.7 Å². The predicted molar refractivity (Wildman–Crippen MR) is 256 cm³/mol. The summed E-state index contributed by atoms with van der Waals surface area (Å²) in [6.07, 6.45) is 0. The number of nitrogens with zero attached hydrogens (tertiary/aromatic N) is 1. The second-order valence-electron chi connectivity index (χ2n) is 16.4. The number of hydrogen-bond donors (Lipinski definition) is 2. The van der Waals surface area contributed by atoms with Crippen LogP contribution in [0.2, 0.25) is 0 Å². The average molecular weight is 816 g/mol. The summed E-state index contributed by atoms with van der Waals surface area (Å²) < 4.78 is 17.7. The Morgan fingerprint density at radius 2 is 1.10 bits per heavy atom. The molecule has 0 aliphatic carbocycles. The van der Waals surface area contributed by atoms with Gasteiger partial charge in [0.1, 0.15) is 34.5 Å². The first-order chi connectivity index (χ1) is 30.5. The Labute approximate surface area is 361 Å². The highest BCUT2D eigenvalue weighted by Gasteiger charge is 2.40. The molecule has 292 valence electrons. The fraction of sp³-hybridized carbons (Fsp3) is 0.0182. The van der Waals surface area contributed by atoms with Crippen molar-refractivity contribution in [1.29, 1.82) is 0 Å². The number of rotatable bonds is 4. The van der Waals surface area contributed by atoms with Crippen LogP contribution in [0.5, 0.6) is 34.5 Å². The zero-order valence-corrected chi connectivity index (χ0v) is 34.2. The lowest BCUT2D eigenvalue weighted by molar-refractivity contribution is 0.464. The van der Waals surface area contributed by atoms with Gasteiger partial charge in [-0.1, -0.05) is 115 Å². The molecular formula is C55H34BNO4S. The van der Waals surface area contributed by atoms with Crippen molar-refractivity contribution < 1.29 is 19.7 Å². The van der Waals surface area contributed by atoms with Crippen LogP contribution in [0.3, 0.4) is 0 Å². The van der Waals surface area contributed by atoms with Gasteiger partial charge < -0.3 is 24.3 Å². The second-order valence-corrected chi connectivity index (χ2v) is 17.4. The number of benzene rings is 9. The van der Waals surface area contributed by atoms with Gasteiger partial charge in [0.15, 0.2) is 0 Å². The Morgan fingerprint density at radius 3 is 1.89 bits per heavy atom. The maximum atomic E-state index is 11.9. The van der Waals surface area contributed by atoms with E-state index in [0.717, 1.165) is 105 Å². The van der Waals surface area contributed by atoms with Crippen LogP contribution in [0, 0.1) is 6.92 Å². The molecule has 11 aromatic rings. The van der Waals surface area contributed by atoms with Gasteiger partial charge in [-0.2, -0.15) is 0 Å². The Bertz CT molecular complexity index is 3710. The van der Waals surface area contributed by atoms with E-state index in [0.29, 0.717) is 5.56 Å². The first-order valence-corrected chi connectivity index (χ1v) is 21.6. The van der Waals surface area contributed by atoms with Crippen molar-refractivity contribution in [1.82, 2.24) is 4.57 Å². The third kappa shape index (κ3) is 5.09. The molecule has 7 heteroatoms. The summed E-state index contributed by atoms with van der Waals surface area (Å²) >= 11 is 1.79. The fourth-order valence-electron chi connectivity index (χ4n) is 9.98. The molecule has 0 atom stereocenters. The van der Waals surface area contributed by atoms with Crippen LogP contribution in [0.4, 0.5) is 0 Å². The molecule has 13 rings (SSSR count). The number of aryl methyl sites for hydroxylation is 1. The monoisotopic (exact) mass is 815 g/mol. The Balaban J connectivity index is 0.909. The molecule has 0 amide bonds. The van der Waals surface area contributed by atoms with Gasteiger partial charge in [-0.15, -0.1) is 11.3 Å². The Kier molecular flexibility index (Phi) is 7.43. The zero-order valence-electron chi connectivity index (χ0n) is 33.4. The van der Waals surface area contributed by atoms with Crippen LogP contribution in [-0.4, -0.2) is 21.5 Å². The first kappa shape index (κ1) is 35.1. The largest absolute Gasteiger partial charge is 0.507 e. The molecule has 4 heterocycles. The highest BCUT2D eigenvalue weighted by atomic mass is 32.1. The number of para-hydroxylation sites is 4. The van der Waals surface area contributed by atoms with E-state index in [9.17, 15) is 10.2 Å². The van der Waals surface area contributed by atoms with E-state index < -0.39 is 0 Å². The quantitative estimate of drug-likeness (QED) is 0.174. The lowest BCUT2D eigenvalue weighted by atomic mass is 9.35. The Morgan fingerprint density at radius 1 is 0.452 bits per heavy atom. The summed E-state index contributed by atoms with van der Waals surface area (Å²) in [7, 11) is 0. The molecule has 0 unspecified atom stereocenters.